The van der Waals surface area contributed by atoms with Crippen LogP contribution in [-0.2, 0) is 6.54 Å². The first-order valence-electron chi connectivity index (χ1n) is 8.01. The van der Waals surface area contributed by atoms with Crippen LogP contribution in [-0.4, -0.2) is 29.1 Å². The zero-order chi connectivity index (χ0) is 16.1. The van der Waals surface area contributed by atoms with Crippen LogP contribution in [0.3, 0.4) is 0 Å². The molecule has 2 aromatic heterocycles. The predicted octanol–water partition coefficient (Wildman–Crippen LogP) is 2.42. The normalized spacial score (nSPS) is 15.4. The molecule has 1 fully saturated rings. The summed E-state index contributed by atoms with van der Waals surface area (Å²) in [5.74, 6) is 0.963. The minimum absolute atomic E-state index is 0.532. The van der Waals surface area contributed by atoms with Crippen molar-refractivity contribution in [1.82, 2.24) is 15.3 Å². The summed E-state index contributed by atoms with van der Waals surface area (Å²) in [7, 11) is 0. The number of anilines is 1. The van der Waals surface area contributed by atoms with E-state index < -0.39 is 0 Å². The SMILES string of the molecule is Cc1ncccc1CNC1CCN(c2ccc(C#N)cn2)CC1. The number of pyridine rings is 2. The van der Waals surface area contributed by atoms with E-state index in [4.69, 9.17) is 5.26 Å². The molecule has 5 heteroatoms. The average molecular weight is 307 g/mol. The molecule has 0 unspecified atom stereocenters. The number of nitrogens with zero attached hydrogens (tertiary/aromatic N) is 4. The summed E-state index contributed by atoms with van der Waals surface area (Å²) in [4.78, 5) is 11.0. The largest absolute Gasteiger partial charge is 0.357 e. The maximum atomic E-state index is 8.83. The third-order valence-electron chi connectivity index (χ3n) is 4.39. The zero-order valence-electron chi connectivity index (χ0n) is 13.4. The number of hydrogen-bond acceptors (Lipinski definition) is 5. The highest BCUT2D eigenvalue weighted by Gasteiger charge is 2.19. The highest BCUT2D eigenvalue weighted by atomic mass is 15.2. The van der Waals surface area contributed by atoms with Gasteiger partial charge in [-0.2, -0.15) is 5.26 Å². The van der Waals surface area contributed by atoms with E-state index in [1.54, 1.807) is 6.20 Å². The molecule has 1 saturated heterocycles. The van der Waals surface area contributed by atoms with Crippen LogP contribution in [0.15, 0.2) is 36.7 Å². The van der Waals surface area contributed by atoms with Crippen molar-refractivity contribution < 1.29 is 0 Å². The number of rotatable bonds is 4. The molecule has 23 heavy (non-hydrogen) atoms. The first kappa shape index (κ1) is 15.4. The van der Waals surface area contributed by atoms with Crippen LogP contribution < -0.4 is 10.2 Å². The third kappa shape index (κ3) is 3.85. The Bertz CT molecular complexity index is 681. The lowest BCUT2D eigenvalue weighted by Gasteiger charge is -2.33. The highest BCUT2D eigenvalue weighted by Crippen LogP contribution is 2.18. The minimum Gasteiger partial charge on any atom is -0.357 e. The fourth-order valence-electron chi connectivity index (χ4n) is 2.91. The number of nitriles is 1. The Hall–Kier alpha value is -2.45. The number of piperidine rings is 1. The summed E-state index contributed by atoms with van der Waals surface area (Å²) in [5, 5.41) is 12.5. The molecule has 118 valence electrons. The van der Waals surface area contributed by atoms with Crippen molar-refractivity contribution in [3.8, 4) is 6.07 Å². The van der Waals surface area contributed by atoms with Gasteiger partial charge in [0, 0.05) is 43.8 Å². The molecule has 3 heterocycles. The molecular weight excluding hydrogens is 286 g/mol. The summed E-state index contributed by atoms with van der Waals surface area (Å²) in [6.07, 6.45) is 5.68. The van der Waals surface area contributed by atoms with Crippen molar-refractivity contribution in [2.75, 3.05) is 18.0 Å². The maximum Gasteiger partial charge on any atom is 0.128 e. The Labute approximate surface area is 137 Å². The average Bonchev–Trinajstić information content (AvgIpc) is 2.62. The van der Waals surface area contributed by atoms with Crippen molar-refractivity contribution >= 4 is 5.82 Å². The van der Waals surface area contributed by atoms with Gasteiger partial charge < -0.3 is 10.2 Å². The van der Waals surface area contributed by atoms with Crippen LogP contribution in [0.2, 0.25) is 0 Å². The van der Waals surface area contributed by atoms with Crippen LogP contribution in [0.1, 0.15) is 29.7 Å². The van der Waals surface area contributed by atoms with Gasteiger partial charge in [-0.1, -0.05) is 6.07 Å². The van der Waals surface area contributed by atoms with Gasteiger partial charge in [0.15, 0.2) is 0 Å². The molecule has 0 aromatic carbocycles. The predicted molar refractivity (Wildman–Crippen MR) is 90.0 cm³/mol. The molecule has 1 aliphatic rings. The second-order valence-corrected chi connectivity index (χ2v) is 5.91. The number of nitrogens with one attached hydrogen (secondary N) is 1. The maximum absolute atomic E-state index is 8.83. The van der Waals surface area contributed by atoms with Gasteiger partial charge in [0.25, 0.3) is 0 Å². The van der Waals surface area contributed by atoms with E-state index in [9.17, 15) is 0 Å². The first-order chi connectivity index (χ1) is 11.3. The summed E-state index contributed by atoms with van der Waals surface area (Å²) in [6.45, 7) is 4.90. The van der Waals surface area contributed by atoms with Gasteiger partial charge in [-0.3, -0.25) is 4.98 Å². The van der Waals surface area contributed by atoms with Crippen molar-refractivity contribution in [3.63, 3.8) is 0 Å². The van der Waals surface area contributed by atoms with E-state index >= 15 is 0 Å². The highest BCUT2D eigenvalue weighted by molar-refractivity contribution is 5.42. The van der Waals surface area contributed by atoms with Crippen LogP contribution in [0, 0.1) is 18.3 Å². The fourth-order valence-corrected chi connectivity index (χ4v) is 2.91. The van der Waals surface area contributed by atoms with E-state index in [-0.39, 0.29) is 0 Å². The molecule has 1 aliphatic heterocycles. The number of aryl methyl sites for hydroxylation is 1. The molecule has 0 spiro atoms. The van der Waals surface area contributed by atoms with E-state index in [0.29, 0.717) is 11.6 Å². The fraction of sp³-hybridized carbons (Fsp3) is 0.389. The summed E-state index contributed by atoms with van der Waals surface area (Å²) in [5.41, 5.74) is 2.97. The molecule has 0 bridgehead atoms. The van der Waals surface area contributed by atoms with Gasteiger partial charge in [0.2, 0.25) is 0 Å². The molecule has 0 atom stereocenters. The Kier molecular flexibility index (Phi) is 4.84. The lowest BCUT2D eigenvalue weighted by atomic mass is 10.0. The molecule has 3 rings (SSSR count). The Morgan fingerprint density at radius 1 is 1.26 bits per heavy atom. The Morgan fingerprint density at radius 2 is 2.09 bits per heavy atom. The van der Waals surface area contributed by atoms with Crippen LogP contribution in [0.5, 0.6) is 0 Å². The van der Waals surface area contributed by atoms with Gasteiger partial charge in [0.05, 0.1) is 5.56 Å². The first-order valence-corrected chi connectivity index (χ1v) is 8.01. The molecule has 0 saturated carbocycles. The third-order valence-corrected chi connectivity index (χ3v) is 4.39. The second-order valence-electron chi connectivity index (χ2n) is 5.91. The molecule has 2 aromatic rings. The van der Waals surface area contributed by atoms with Crippen LogP contribution in [0.4, 0.5) is 5.82 Å². The van der Waals surface area contributed by atoms with Crippen LogP contribution >= 0.6 is 0 Å². The minimum atomic E-state index is 0.532. The lowest BCUT2D eigenvalue weighted by Crippen LogP contribution is -2.42. The molecule has 5 nitrogen and oxygen atoms in total. The summed E-state index contributed by atoms with van der Waals surface area (Å²) >= 11 is 0. The van der Waals surface area contributed by atoms with Crippen molar-refractivity contribution in [3.05, 3.63) is 53.5 Å². The van der Waals surface area contributed by atoms with Gasteiger partial charge in [-0.15, -0.1) is 0 Å². The van der Waals surface area contributed by atoms with Gasteiger partial charge in [0.1, 0.15) is 11.9 Å². The topological polar surface area (TPSA) is 64.8 Å². The lowest BCUT2D eigenvalue weighted by molar-refractivity contribution is 0.412. The van der Waals surface area contributed by atoms with Crippen molar-refractivity contribution in [1.29, 1.82) is 5.26 Å². The van der Waals surface area contributed by atoms with Gasteiger partial charge >= 0.3 is 0 Å². The van der Waals surface area contributed by atoms with Gasteiger partial charge in [-0.05, 0) is 43.5 Å². The zero-order valence-corrected chi connectivity index (χ0v) is 13.4. The van der Waals surface area contributed by atoms with E-state index in [1.807, 2.05) is 24.4 Å². The standard InChI is InChI=1S/C18H21N5/c1-14-16(3-2-8-20-14)13-21-17-6-9-23(10-7-17)18-5-4-15(11-19)12-22-18/h2-5,8,12,17,21H,6-7,9-10,13H2,1H3. The van der Waals surface area contributed by atoms with E-state index in [1.165, 1.54) is 5.56 Å². The number of hydrogen-bond donors (Lipinski definition) is 1. The summed E-state index contributed by atoms with van der Waals surface area (Å²) in [6, 6.07) is 10.5. The molecule has 1 N–H and O–H groups in total. The molecule has 0 amide bonds. The van der Waals surface area contributed by atoms with Crippen molar-refractivity contribution in [2.45, 2.75) is 32.4 Å². The van der Waals surface area contributed by atoms with Crippen molar-refractivity contribution in [2.24, 2.45) is 0 Å². The monoisotopic (exact) mass is 307 g/mol. The molecular formula is C18H21N5. The smallest absolute Gasteiger partial charge is 0.128 e. The number of aromatic nitrogens is 2. The van der Waals surface area contributed by atoms with E-state index in [0.717, 1.165) is 44.0 Å². The van der Waals surface area contributed by atoms with E-state index in [2.05, 4.69) is 39.2 Å². The molecule has 0 aliphatic carbocycles. The Balaban J connectivity index is 1.50. The van der Waals surface area contributed by atoms with Gasteiger partial charge in [-0.25, -0.2) is 4.98 Å². The molecule has 0 radical (unpaired) electrons. The van der Waals surface area contributed by atoms with Crippen LogP contribution in [0.25, 0.3) is 0 Å². The second kappa shape index (κ2) is 7.21. The quantitative estimate of drug-likeness (QED) is 0.939. The summed E-state index contributed by atoms with van der Waals surface area (Å²) < 4.78 is 0. The Morgan fingerprint density at radius 3 is 2.74 bits per heavy atom.